The van der Waals surface area contributed by atoms with Crippen molar-refractivity contribution in [3.63, 3.8) is 0 Å². The summed E-state index contributed by atoms with van der Waals surface area (Å²) in [5, 5.41) is 8.80. The number of aliphatic hydroxyl groups is 1. The van der Waals surface area contributed by atoms with Crippen LogP contribution in [0.15, 0.2) is 48.5 Å². The Labute approximate surface area is 181 Å². The molecule has 0 saturated carbocycles. The minimum atomic E-state index is -3.74. The number of carbonyl (C=O) groups is 1. The first-order valence-corrected chi connectivity index (χ1v) is 11.5. The summed E-state index contributed by atoms with van der Waals surface area (Å²) in [5.41, 5.74) is 4.10. The molecule has 1 heterocycles. The highest BCUT2D eigenvalue weighted by Crippen LogP contribution is 2.28. The van der Waals surface area contributed by atoms with Gasteiger partial charge in [-0.1, -0.05) is 36.8 Å². The maximum Gasteiger partial charge on any atom is 0.234 e. The number of hydrogen-bond acceptors (Lipinski definition) is 4. The number of ketones is 1. The van der Waals surface area contributed by atoms with Crippen LogP contribution in [0.4, 0.5) is 10.1 Å². The standard InChI is InChI=1S/C23H25FN2O4S/c1-14-4-6-18(15(2)12-14)23(28)22-9-8-21(25-22)16(3)19-7-5-17(13-20(19)24)26-31(29,30)11-10-27/h4-9,12-13,16,25-27H,10-11H2,1-3H3. The molecular weight excluding hydrogens is 419 g/mol. The van der Waals surface area contributed by atoms with E-state index in [0.717, 1.165) is 17.2 Å². The lowest BCUT2D eigenvalue weighted by molar-refractivity contribution is 0.103. The van der Waals surface area contributed by atoms with Crippen molar-refractivity contribution < 1.29 is 22.7 Å². The van der Waals surface area contributed by atoms with Crippen molar-refractivity contribution in [2.75, 3.05) is 17.1 Å². The van der Waals surface area contributed by atoms with E-state index in [2.05, 4.69) is 9.71 Å². The number of aromatic amines is 1. The molecule has 0 aliphatic heterocycles. The molecule has 0 aliphatic rings. The summed E-state index contributed by atoms with van der Waals surface area (Å²) in [5.74, 6) is -1.56. The molecule has 164 valence electrons. The van der Waals surface area contributed by atoms with Gasteiger partial charge < -0.3 is 10.1 Å². The van der Waals surface area contributed by atoms with Crippen LogP contribution >= 0.6 is 0 Å². The molecule has 2 aromatic carbocycles. The average Bonchev–Trinajstić information content (AvgIpc) is 3.17. The van der Waals surface area contributed by atoms with E-state index in [1.807, 2.05) is 26.0 Å². The van der Waals surface area contributed by atoms with Crippen LogP contribution in [-0.2, 0) is 10.0 Å². The number of aliphatic hydroxyl groups excluding tert-OH is 1. The Morgan fingerprint density at radius 3 is 2.52 bits per heavy atom. The molecular formula is C23H25FN2O4S. The largest absolute Gasteiger partial charge is 0.395 e. The molecule has 1 unspecified atom stereocenters. The van der Waals surface area contributed by atoms with Gasteiger partial charge in [0.15, 0.2) is 0 Å². The SMILES string of the molecule is Cc1ccc(C(=O)c2ccc(C(C)c3ccc(NS(=O)(=O)CCO)cc3F)[nH]2)c(C)c1. The zero-order chi connectivity index (χ0) is 22.8. The number of carbonyl (C=O) groups excluding carboxylic acids is 1. The number of aromatic nitrogens is 1. The maximum absolute atomic E-state index is 14.7. The van der Waals surface area contributed by atoms with Crippen molar-refractivity contribution in [3.8, 4) is 0 Å². The van der Waals surface area contributed by atoms with Gasteiger partial charge in [-0.3, -0.25) is 9.52 Å². The molecule has 0 aliphatic carbocycles. The second-order valence-corrected chi connectivity index (χ2v) is 9.42. The lowest BCUT2D eigenvalue weighted by atomic mass is 9.97. The number of hydrogen-bond donors (Lipinski definition) is 3. The molecule has 0 amide bonds. The van der Waals surface area contributed by atoms with Gasteiger partial charge in [-0.2, -0.15) is 0 Å². The summed E-state index contributed by atoms with van der Waals surface area (Å²) in [6.07, 6.45) is 0. The molecule has 1 atom stereocenters. The number of benzene rings is 2. The Morgan fingerprint density at radius 1 is 1.13 bits per heavy atom. The molecule has 31 heavy (non-hydrogen) atoms. The first kappa shape index (κ1) is 22.7. The van der Waals surface area contributed by atoms with Crippen molar-refractivity contribution in [2.24, 2.45) is 0 Å². The maximum atomic E-state index is 14.7. The number of halogens is 1. The third-order valence-electron chi connectivity index (χ3n) is 5.15. The first-order valence-electron chi connectivity index (χ1n) is 9.83. The van der Waals surface area contributed by atoms with Gasteiger partial charge in [0.2, 0.25) is 15.8 Å². The predicted octanol–water partition coefficient (Wildman–Crippen LogP) is 3.89. The van der Waals surface area contributed by atoms with Crippen molar-refractivity contribution in [3.05, 3.63) is 88.0 Å². The molecule has 0 bridgehead atoms. The van der Waals surface area contributed by atoms with Crippen molar-refractivity contribution in [1.29, 1.82) is 0 Å². The number of nitrogens with one attached hydrogen (secondary N) is 2. The Balaban J connectivity index is 1.82. The van der Waals surface area contributed by atoms with Crippen molar-refractivity contribution in [2.45, 2.75) is 26.7 Å². The minimum absolute atomic E-state index is 0.0825. The summed E-state index contributed by atoms with van der Waals surface area (Å²) >= 11 is 0. The third kappa shape index (κ3) is 5.21. The first-order chi connectivity index (χ1) is 14.6. The summed E-state index contributed by atoms with van der Waals surface area (Å²) in [6, 6.07) is 13.1. The zero-order valence-electron chi connectivity index (χ0n) is 17.6. The van der Waals surface area contributed by atoms with Gasteiger partial charge in [-0.25, -0.2) is 12.8 Å². The van der Waals surface area contributed by atoms with Gasteiger partial charge in [0, 0.05) is 17.2 Å². The Kier molecular flexibility index (Phi) is 6.62. The van der Waals surface area contributed by atoms with Crippen molar-refractivity contribution in [1.82, 2.24) is 4.98 Å². The van der Waals surface area contributed by atoms with E-state index in [0.29, 0.717) is 22.5 Å². The van der Waals surface area contributed by atoms with Crippen LogP contribution in [0.3, 0.4) is 0 Å². The van der Waals surface area contributed by atoms with Gasteiger partial charge in [0.05, 0.1) is 23.7 Å². The quantitative estimate of drug-likeness (QED) is 0.459. The van der Waals surface area contributed by atoms with Gasteiger partial charge in [0.25, 0.3) is 0 Å². The van der Waals surface area contributed by atoms with E-state index in [4.69, 9.17) is 5.11 Å². The number of H-pyrrole nitrogens is 1. The summed E-state index contributed by atoms with van der Waals surface area (Å²) in [7, 11) is -3.74. The number of rotatable bonds is 8. The van der Waals surface area contributed by atoms with Crippen molar-refractivity contribution >= 4 is 21.5 Å². The highest BCUT2D eigenvalue weighted by Gasteiger charge is 2.19. The monoisotopic (exact) mass is 444 g/mol. The number of sulfonamides is 1. The van der Waals surface area contributed by atoms with Crippen LogP contribution < -0.4 is 4.72 Å². The Hall–Kier alpha value is -2.97. The Bertz CT molecular complexity index is 1220. The summed E-state index contributed by atoms with van der Waals surface area (Å²) in [6.45, 7) is 5.12. The normalized spacial score (nSPS) is 12.5. The highest BCUT2D eigenvalue weighted by molar-refractivity contribution is 7.92. The van der Waals surface area contributed by atoms with E-state index in [1.165, 1.54) is 12.1 Å². The summed E-state index contributed by atoms with van der Waals surface area (Å²) < 4.78 is 40.4. The third-order valence-corrected chi connectivity index (χ3v) is 6.41. The summed E-state index contributed by atoms with van der Waals surface area (Å²) in [4.78, 5) is 16.0. The molecule has 3 aromatic rings. The fourth-order valence-electron chi connectivity index (χ4n) is 3.47. The fourth-order valence-corrected chi connectivity index (χ4v) is 4.30. The molecule has 0 saturated heterocycles. The van der Waals surface area contributed by atoms with E-state index in [1.54, 1.807) is 25.1 Å². The number of aryl methyl sites for hydroxylation is 2. The van der Waals surface area contributed by atoms with Crippen LogP contribution in [0.2, 0.25) is 0 Å². The van der Waals surface area contributed by atoms with Crippen LogP contribution in [-0.4, -0.2) is 36.7 Å². The minimum Gasteiger partial charge on any atom is -0.395 e. The molecule has 1 aromatic heterocycles. The lowest BCUT2D eigenvalue weighted by Gasteiger charge is -2.14. The number of anilines is 1. The highest BCUT2D eigenvalue weighted by atomic mass is 32.2. The van der Waals surface area contributed by atoms with E-state index < -0.39 is 28.2 Å². The van der Waals surface area contributed by atoms with Crippen LogP contribution in [0, 0.1) is 19.7 Å². The average molecular weight is 445 g/mol. The van der Waals surface area contributed by atoms with Crippen LogP contribution in [0.1, 0.15) is 51.3 Å². The Morgan fingerprint density at radius 2 is 1.87 bits per heavy atom. The van der Waals surface area contributed by atoms with Gasteiger partial charge in [0.1, 0.15) is 5.82 Å². The molecule has 3 rings (SSSR count). The van der Waals surface area contributed by atoms with Crippen LogP contribution in [0.25, 0.3) is 0 Å². The topological polar surface area (TPSA) is 99.3 Å². The predicted molar refractivity (Wildman–Crippen MR) is 119 cm³/mol. The zero-order valence-corrected chi connectivity index (χ0v) is 18.4. The van der Waals surface area contributed by atoms with Gasteiger partial charge in [-0.15, -0.1) is 0 Å². The smallest absolute Gasteiger partial charge is 0.234 e. The van der Waals surface area contributed by atoms with E-state index >= 15 is 0 Å². The molecule has 6 nitrogen and oxygen atoms in total. The van der Waals surface area contributed by atoms with Gasteiger partial charge in [-0.05, 0) is 49.2 Å². The fraction of sp³-hybridized carbons (Fsp3) is 0.261. The lowest BCUT2D eigenvalue weighted by Crippen LogP contribution is -2.19. The van der Waals surface area contributed by atoms with E-state index in [9.17, 15) is 17.6 Å². The molecule has 0 radical (unpaired) electrons. The molecule has 0 spiro atoms. The second kappa shape index (κ2) is 9.03. The molecule has 0 fully saturated rings. The van der Waals surface area contributed by atoms with Gasteiger partial charge >= 0.3 is 0 Å². The molecule has 3 N–H and O–H groups in total. The molecule has 8 heteroatoms. The second-order valence-electron chi connectivity index (χ2n) is 7.58. The van der Waals surface area contributed by atoms with E-state index in [-0.39, 0.29) is 17.4 Å². The van der Waals surface area contributed by atoms with Crippen LogP contribution in [0.5, 0.6) is 0 Å².